The van der Waals surface area contributed by atoms with E-state index in [2.05, 4.69) is 15.1 Å². The first kappa shape index (κ1) is 30.4. The number of hydrogen-bond donors (Lipinski definition) is 2. The fourth-order valence-electron chi connectivity index (χ4n) is 9.15. The molecule has 5 fully saturated rings. The van der Waals surface area contributed by atoms with E-state index in [0.29, 0.717) is 42.0 Å². The average Bonchev–Trinajstić information content (AvgIpc) is 3.86. The van der Waals surface area contributed by atoms with Crippen molar-refractivity contribution in [1.29, 1.82) is 0 Å². The molecule has 5 aliphatic heterocycles. The summed E-state index contributed by atoms with van der Waals surface area (Å²) >= 11 is 0. The Morgan fingerprint density at radius 3 is 2.55 bits per heavy atom. The number of nitrogens with zero attached hydrogens (tertiary/aromatic N) is 5. The van der Waals surface area contributed by atoms with Crippen molar-refractivity contribution in [2.75, 3.05) is 44.3 Å². The Labute approximate surface area is 283 Å². The third-order valence-corrected chi connectivity index (χ3v) is 11.4. The van der Waals surface area contributed by atoms with Gasteiger partial charge in [0.1, 0.15) is 30.3 Å². The predicted molar refractivity (Wildman–Crippen MR) is 181 cm³/mol. The zero-order chi connectivity index (χ0) is 33.3. The maximum absolute atomic E-state index is 16.9. The van der Waals surface area contributed by atoms with E-state index in [0.717, 1.165) is 62.4 Å². The molecule has 0 spiro atoms. The van der Waals surface area contributed by atoms with Crippen LogP contribution in [0, 0.1) is 5.82 Å². The number of benzene rings is 3. The van der Waals surface area contributed by atoms with Gasteiger partial charge in [0, 0.05) is 36.1 Å². The molecule has 12 heteroatoms. The van der Waals surface area contributed by atoms with Crippen LogP contribution in [-0.4, -0.2) is 99.9 Å². The summed E-state index contributed by atoms with van der Waals surface area (Å²) in [4.78, 5) is 41.3. The van der Waals surface area contributed by atoms with Crippen molar-refractivity contribution in [3.05, 3.63) is 54.3 Å². The summed E-state index contributed by atoms with van der Waals surface area (Å²) in [6.07, 6.45) is 5.81. The quantitative estimate of drug-likeness (QED) is 0.282. The predicted octanol–water partition coefficient (Wildman–Crippen LogP) is 4.98. The Morgan fingerprint density at radius 2 is 1.80 bits per heavy atom. The summed E-state index contributed by atoms with van der Waals surface area (Å²) in [6, 6.07) is 14.2. The first-order valence-electron chi connectivity index (χ1n) is 17.4. The van der Waals surface area contributed by atoms with Crippen LogP contribution in [0.5, 0.6) is 11.8 Å². The van der Waals surface area contributed by atoms with E-state index < -0.39 is 11.9 Å². The molecule has 254 valence electrons. The van der Waals surface area contributed by atoms with Gasteiger partial charge in [0.05, 0.1) is 18.0 Å². The number of aromatic hydroxyl groups is 1. The lowest BCUT2D eigenvalue weighted by atomic mass is 9.95. The topological polar surface area (TPSA) is 120 Å². The molecule has 0 saturated carbocycles. The van der Waals surface area contributed by atoms with Crippen LogP contribution in [0.25, 0.3) is 32.8 Å². The number of anilines is 1. The zero-order valence-corrected chi connectivity index (χ0v) is 27.2. The molecular weight excluding hydrogens is 627 g/mol. The van der Waals surface area contributed by atoms with E-state index in [1.165, 1.54) is 0 Å². The number of nitrogens with one attached hydrogen (secondary N) is 1. The van der Waals surface area contributed by atoms with Gasteiger partial charge < -0.3 is 29.7 Å². The Hall–Kier alpha value is -4.71. The van der Waals surface area contributed by atoms with Gasteiger partial charge in [0.25, 0.3) is 0 Å². The van der Waals surface area contributed by atoms with Crippen LogP contribution >= 0.6 is 0 Å². The van der Waals surface area contributed by atoms with Crippen molar-refractivity contribution in [2.45, 2.75) is 68.6 Å². The fraction of sp³-hybridized carbons (Fsp3) is 0.459. The lowest BCUT2D eigenvalue weighted by Crippen LogP contribution is -2.56. The second kappa shape index (κ2) is 11.7. The largest absolute Gasteiger partial charge is 0.508 e. The maximum atomic E-state index is 16.9. The molecule has 5 aliphatic rings. The smallest absolute Gasteiger partial charge is 0.407 e. The highest BCUT2D eigenvalue weighted by Crippen LogP contribution is 2.42. The lowest BCUT2D eigenvalue weighted by molar-refractivity contribution is -0.135. The molecule has 1 aromatic heterocycles. The van der Waals surface area contributed by atoms with Crippen LogP contribution < -0.4 is 15.0 Å². The first-order chi connectivity index (χ1) is 23.8. The van der Waals surface area contributed by atoms with Crippen molar-refractivity contribution in [3.63, 3.8) is 0 Å². The van der Waals surface area contributed by atoms with Crippen LogP contribution in [0.3, 0.4) is 0 Å². The highest BCUT2D eigenvalue weighted by atomic mass is 19.1. The molecule has 2 N–H and O–H groups in total. The maximum Gasteiger partial charge on any atom is 0.407 e. The second-order valence-electron chi connectivity index (χ2n) is 14.3. The van der Waals surface area contributed by atoms with E-state index in [1.807, 2.05) is 35.2 Å². The molecule has 0 unspecified atom stereocenters. The molecule has 2 bridgehead atoms. The molecule has 11 nitrogen and oxygen atoms in total. The zero-order valence-electron chi connectivity index (χ0n) is 27.2. The minimum absolute atomic E-state index is 0.00508. The Balaban J connectivity index is 1.08. The SMILES string of the molecule is O=C1N[C@@H](CC(=O)N2[C@@H]3CC[C@H]2CN(c2nc(OCC45CCCN4CCC5)nc4c(F)c(-c5cc(O)cc6ccccc56)ccc24)C3)CO1. The highest BCUT2D eigenvalue weighted by molar-refractivity contribution is 6.01. The standard InChI is InChI=1S/C37H39FN6O5/c38-32-28(30-17-26(45)15-22-5-1-2-6-27(22)30)9-10-29-33(32)40-35(49-21-37-11-3-13-43(37)14-4-12-37)41-34(29)42-18-24-7-8-25(19-42)44(24)31(46)16-23-20-48-36(47)39-23/h1-2,5-6,9-10,15,17,23-25,45H,3-4,7-8,11-14,16,18-21H2,(H,39,47)/t23-,24-,25+/m0/s1. The van der Waals surface area contributed by atoms with E-state index in [4.69, 9.17) is 19.4 Å². The van der Waals surface area contributed by atoms with Gasteiger partial charge in [-0.1, -0.05) is 30.3 Å². The molecule has 49 heavy (non-hydrogen) atoms. The van der Waals surface area contributed by atoms with Gasteiger partial charge in [-0.05, 0) is 86.1 Å². The number of ether oxygens (including phenoxy) is 2. The molecule has 4 aromatic rings. The normalized spacial score (nSPS) is 24.4. The number of alkyl carbamates (subject to hydrolysis) is 1. The molecular formula is C37H39FN6O5. The number of phenols is 1. The second-order valence-corrected chi connectivity index (χ2v) is 14.3. The Bertz CT molecular complexity index is 1970. The molecule has 3 aromatic carbocycles. The monoisotopic (exact) mass is 666 g/mol. The van der Waals surface area contributed by atoms with Crippen molar-refractivity contribution in [1.82, 2.24) is 25.1 Å². The number of rotatable bonds is 7. The van der Waals surface area contributed by atoms with Gasteiger partial charge in [-0.2, -0.15) is 9.97 Å². The van der Waals surface area contributed by atoms with E-state index in [1.54, 1.807) is 18.2 Å². The lowest BCUT2D eigenvalue weighted by Gasteiger charge is -2.42. The van der Waals surface area contributed by atoms with Crippen LogP contribution in [0.4, 0.5) is 15.0 Å². The first-order valence-corrected chi connectivity index (χ1v) is 17.4. The third kappa shape index (κ3) is 5.19. The molecule has 3 atom stereocenters. The van der Waals surface area contributed by atoms with Gasteiger partial charge in [-0.3, -0.25) is 9.69 Å². The summed E-state index contributed by atoms with van der Waals surface area (Å²) in [5, 5.41) is 15.5. The molecule has 0 radical (unpaired) electrons. The van der Waals surface area contributed by atoms with E-state index in [9.17, 15) is 14.7 Å². The van der Waals surface area contributed by atoms with Gasteiger partial charge in [0.15, 0.2) is 5.82 Å². The van der Waals surface area contributed by atoms with Gasteiger partial charge in [-0.25, -0.2) is 9.18 Å². The highest BCUT2D eigenvalue weighted by Gasteiger charge is 2.46. The Morgan fingerprint density at radius 1 is 1.02 bits per heavy atom. The van der Waals surface area contributed by atoms with Crippen LogP contribution in [0.2, 0.25) is 0 Å². The van der Waals surface area contributed by atoms with Gasteiger partial charge in [-0.15, -0.1) is 0 Å². The molecule has 9 rings (SSSR count). The van der Waals surface area contributed by atoms with Crippen molar-refractivity contribution in [3.8, 4) is 22.9 Å². The van der Waals surface area contributed by atoms with Crippen molar-refractivity contribution >= 4 is 39.5 Å². The minimum atomic E-state index is -0.499. The summed E-state index contributed by atoms with van der Waals surface area (Å²) in [7, 11) is 0. The third-order valence-electron chi connectivity index (χ3n) is 11.4. The number of hydrogen-bond acceptors (Lipinski definition) is 9. The number of fused-ring (bicyclic) bond motifs is 5. The number of amides is 2. The molecule has 6 heterocycles. The number of phenolic OH excluding ortho intramolecular Hbond substituents is 1. The summed E-state index contributed by atoms with van der Waals surface area (Å²) < 4.78 is 28.3. The summed E-state index contributed by atoms with van der Waals surface area (Å²) in [6.45, 7) is 3.86. The van der Waals surface area contributed by atoms with Gasteiger partial charge >= 0.3 is 12.1 Å². The molecule has 2 amide bonds. The van der Waals surface area contributed by atoms with Crippen LogP contribution in [0.1, 0.15) is 44.9 Å². The van der Waals surface area contributed by atoms with Crippen molar-refractivity contribution < 1.29 is 28.6 Å². The summed E-state index contributed by atoms with van der Waals surface area (Å²) in [5.41, 5.74) is 1.05. The van der Waals surface area contributed by atoms with E-state index >= 15 is 4.39 Å². The number of halogens is 1. The van der Waals surface area contributed by atoms with E-state index in [-0.39, 0.29) is 59.9 Å². The minimum Gasteiger partial charge on any atom is -0.508 e. The Kier molecular flexibility index (Phi) is 7.26. The number of aromatic nitrogens is 2. The molecule has 5 saturated heterocycles. The fourth-order valence-corrected chi connectivity index (χ4v) is 9.15. The number of carbonyl (C=O) groups is 2. The van der Waals surface area contributed by atoms with Gasteiger partial charge in [0.2, 0.25) is 5.91 Å². The van der Waals surface area contributed by atoms with Crippen LogP contribution in [-0.2, 0) is 9.53 Å². The number of cyclic esters (lactones) is 1. The average molecular weight is 667 g/mol. The van der Waals surface area contributed by atoms with Crippen LogP contribution in [0.15, 0.2) is 48.5 Å². The molecule has 0 aliphatic carbocycles. The number of piperazine rings is 1. The summed E-state index contributed by atoms with van der Waals surface area (Å²) in [5.74, 6) is 0.161. The van der Waals surface area contributed by atoms with Crippen molar-refractivity contribution in [2.24, 2.45) is 0 Å². The number of carbonyl (C=O) groups excluding carboxylic acids is 2.